The number of hydrogen-bond acceptors (Lipinski definition) is 4. The van der Waals surface area contributed by atoms with Crippen molar-refractivity contribution in [1.82, 2.24) is 9.97 Å². The fourth-order valence-corrected chi connectivity index (χ4v) is 8.08. The normalized spacial score (nSPS) is 11.6. The lowest BCUT2D eigenvalue weighted by Gasteiger charge is -2.14. The fourth-order valence-electron chi connectivity index (χ4n) is 8.08. The number of hydrogen-bond donors (Lipinski definition) is 0. The molecule has 8 aromatic carbocycles. The second kappa shape index (κ2) is 13.1. The molecule has 0 saturated carbocycles. The van der Waals surface area contributed by atoms with Crippen LogP contribution in [0.3, 0.4) is 0 Å². The minimum Gasteiger partial charge on any atom is -0.456 e. The zero-order chi connectivity index (χ0) is 37.0. The lowest BCUT2D eigenvalue weighted by molar-refractivity contribution is 0.668. The summed E-state index contributed by atoms with van der Waals surface area (Å²) < 4.78 is 13.1. The molecule has 0 N–H and O–H groups in total. The average Bonchev–Trinajstić information content (AvgIpc) is 3.86. The molecule has 0 spiro atoms. The standard InChI is InChI=1S/C52H32N2O2/c1-4-15-33(16-5-1)36-29-37(34-17-6-2-7-18-34)31-38(30-36)52-53-44(35-19-8-3-9-20-35)32-45(54-52)41-28-27-40(51-50(41)43-22-11-13-25-47(43)56-51)39-23-14-26-48-49(39)42-21-10-12-24-46(42)55-48/h1-32H. The predicted molar refractivity (Wildman–Crippen MR) is 229 cm³/mol. The maximum atomic E-state index is 6.82. The minimum atomic E-state index is 0.649. The first-order valence-corrected chi connectivity index (χ1v) is 18.8. The van der Waals surface area contributed by atoms with Gasteiger partial charge in [0, 0.05) is 43.8 Å². The first kappa shape index (κ1) is 31.9. The smallest absolute Gasteiger partial charge is 0.160 e. The van der Waals surface area contributed by atoms with Crippen molar-refractivity contribution >= 4 is 43.9 Å². The van der Waals surface area contributed by atoms with Gasteiger partial charge in [-0.25, -0.2) is 9.97 Å². The van der Waals surface area contributed by atoms with Crippen molar-refractivity contribution in [2.24, 2.45) is 0 Å². The highest BCUT2D eigenvalue weighted by molar-refractivity contribution is 6.20. The van der Waals surface area contributed by atoms with Gasteiger partial charge in [0.1, 0.15) is 22.3 Å². The van der Waals surface area contributed by atoms with E-state index in [4.69, 9.17) is 18.8 Å². The molecule has 0 bridgehead atoms. The van der Waals surface area contributed by atoms with Gasteiger partial charge in [-0.15, -0.1) is 0 Å². The van der Waals surface area contributed by atoms with Crippen LogP contribution in [-0.4, -0.2) is 9.97 Å². The Labute approximate surface area is 323 Å². The zero-order valence-electron chi connectivity index (χ0n) is 30.2. The van der Waals surface area contributed by atoms with E-state index in [1.54, 1.807) is 0 Å². The second-order valence-electron chi connectivity index (χ2n) is 14.1. The van der Waals surface area contributed by atoms with Gasteiger partial charge >= 0.3 is 0 Å². The molecule has 11 rings (SSSR count). The number of furan rings is 2. The summed E-state index contributed by atoms with van der Waals surface area (Å²) in [4.78, 5) is 10.7. The van der Waals surface area contributed by atoms with E-state index in [-0.39, 0.29) is 0 Å². The van der Waals surface area contributed by atoms with Crippen LogP contribution < -0.4 is 0 Å². The van der Waals surface area contributed by atoms with Gasteiger partial charge in [0.25, 0.3) is 0 Å². The molecule has 0 aliphatic carbocycles. The molecule has 0 amide bonds. The molecule has 4 nitrogen and oxygen atoms in total. The summed E-state index contributed by atoms with van der Waals surface area (Å²) in [6.45, 7) is 0. The number of aromatic nitrogens is 2. The van der Waals surface area contributed by atoms with E-state index in [0.717, 1.165) is 105 Å². The maximum Gasteiger partial charge on any atom is 0.160 e. The first-order valence-electron chi connectivity index (χ1n) is 18.8. The molecule has 56 heavy (non-hydrogen) atoms. The highest BCUT2D eigenvalue weighted by Crippen LogP contribution is 2.45. The monoisotopic (exact) mass is 716 g/mol. The third-order valence-corrected chi connectivity index (χ3v) is 10.7. The van der Waals surface area contributed by atoms with Crippen molar-refractivity contribution in [3.63, 3.8) is 0 Å². The summed E-state index contributed by atoms with van der Waals surface area (Å²) in [6, 6.07) is 67.2. The van der Waals surface area contributed by atoms with Crippen molar-refractivity contribution < 1.29 is 8.83 Å². The molecule has 262 valence electrons. The zero-order valence-corrected chi connectivity index (χ0v) is 30.2. The minimum absolute atomic E-state index is 0.649. The molecule has 0 aliphatic rings. The number of nitrogens with zero attached hydrogens (tertiary/aromatic N) is 2. The van der Waals surface area contributed by atoms with Crippen LogP contribution in [0, 0.1) is 0 Å². The molecule has 0 unspecified atom stereocenters. The number of benzene rings is 8. The van der Waals surface area contributed by atoms with Crippen molar-refractivity contribution in [2.75, 3.05) is 0 Å². The largest absolute Gasteiger partial charge is 0.456 e. The molecule has 0 aliphatic heterocycles. The molecular formula is C52H32N2O2. The Hall–Kier alpha value is -7.56. The van der Waals surface area contributed by atoms with Crippen molar-refractivity contribution in [2.45, 2.75) is 0 Å². The Morgan fingerprint density at radius 3 is 1.50 bits per heavy atom. The van der Waals surface area contributed by atoms with Crippen LogP contribution in [0.4, 0.5) is 0 Å². The molecule has 0 radical (unpaired) electrons. The average molecular weight is 717 g/mol. The molecule has 0 atom stereocenters. The van der Waals surface area contributed by atoms with E-state index in [0.29, 0.717) is 5.82 Å². The number of rotatable bonds is 6. The first-order chi connectivity index (χ1) is 27.7. The quantitative estimate of drug-likeness (QED) is 0.172. The van der Waals surface area contributed by atoms with E-state index in [2.05, 4.69) is 146 Å². The predicted octanol–water partition coefficient (Wildman–Crippen LogP) is 14.3. The van der Waals surface area contributed by atoms with Gasteiger partial charge in [0.15, 0.2) is 5.82 Å². The van der Waals surface area contributed by atoms with Crippen LogP contribution in [0.5, 0.6) is 0 Å². The van der Waals surface area contributed by atoms with Crippen LogP contribution in [0.25, 0.3) is 111 Å². The van der Waals surface area contributed by atoms with Crippen molar-refractivity contribution in [1.29, 1.82) is 0 Å². The van der Waals surface area contributed by atoms with Crippen molar-refractivity contribution in [3.05, 3.63) is 194 Å². The third-order valence-electron chi connectivity index (χ3n) is 10.7. The summed E-state index contributed by atoms with van der Waals surface area (Å²) in [5.74, 6) is 0.649. The Kier molecular flexibility index (Phi) is 7.46. The van der Waals surface area contributed by atoms with Crippen LogP contribution in [0.1, 0.15) is 0 Å². The summed E-state index contributed by atoms with van der Waals surface area (Å²) in [6.07, 6.45) is 0. The van der Waals surface area contributed by atoms with Crippen LogP contribution in [0.2, 0.25) is 0 Å². The van der Waals surface area contributed by atoms with Gasteiger partial charge in [0.2, 0.25) is 0 Å². The molecular weight excluding hydrogens is 685 g/mol. The summed E-state index contributed by atoms with van der Waals surface area (Å²) >= 11 is 0. The van der Waals surface area contributed by atoms with E-state index < -0.39 is 0 Å². The second-order valence-corrected chi connectivity index (χ2v) is 14.1. The van der Waals surface area contributed by atoms with E-state index in [1.165, 1.54) is 0 Å². The van der Waals surface area contributed by atoms with Crippen LogP contribution in [-0.2, 0) is 0 Å². The lowest BCUT2D eigenvalue weighted by atomic mass is 9.93. The van der Waals surface area contributed by atoms with Gasteiger partial charge in [-0.05, 0) is 76.3 Å². The van der Waals surface area contributed by atoms with Gasteiger partial charge < -0.3 is 8.83 Å². The third kappa shape index (κ3) is 5.39. The Balaban J connectivity index is 1.18. The molecule has 3 heterocycles. The highest BCUT2D eigenvalue weighted by Gasteiger charge is 2.22. The Bertz CT molecular complexity index is 3180. The summed E-state index contributed by atoms with van der Waals surface area (Å²) in [5.41, 5.74) is 14.4. The van der Waals surface area contributed by atoms with E-state index in [9.17, 15) is 0 Å². The van der Waals surface area contributed by atoms with Crippen LogP contribution >= 0.6 is 0 Å². The summed E-state index contributed by atoms with van der Waals surface area (Å²) in [7, 11) is 0. The molecule has 0 fully saturated rings. The molecule has 3 aromatic heterocycles. The fraction of sp³-hybridized carbons (Fsp3) is 0. The SMILES string of the molecule is c1ccc(-c2cc(-c3ccccc3)cc(-c3nc(-c4ccccc4)cc(-c4ccc(-c5cccc6oc7ccccc7c56)c5oc6ccccc6c45)n3)c2)cc1. The Morgan fingerprint density at radius 2 is 0.821 bits per heavy atom. The highest BCUT2D eigenvalue weighted by atomic mass is 16.3. The molecule has 11 aromatic rings. The van der Waals surface area contributed by atoms with Gasteiger partial charge in [0.05, 0.1) is 11.4 Å². The number of fused-ring (bicyclic) bond motifs is 6. The molecule has 4 heteroatoms. The van der Waals surface area contributed by atoms with Crippen LogP contribution in [0.15, 0.2) is 203 Å². The topological polar surface area (TPSA) is 52.1 Å². The lowest BCUT2D eigenvalue weighted by Crippen LogP contribution is -1.97. The maximum absolute atomic E-state index is 6.82. The molecule has 0 saturated heterocycles. The van der Waals surface area contributed by atoms with Crippen molar-refractivity contribution in [3.8, 4) is 67.3 Å². The van der Waals surface area contributed by atoms with Gasteiger partial charge in [-0.3, -0.25) is 0 Å². The van der Waals surface area contributed by atoms with Gasteiger partial charge in [-0.1, -0.05) is 146 Å². The van der Waals surface area contributed by atoms with Gasteiger partial charge in [-0.2, -0.15) is 0 Å². The number of para-hydroxylation sites is 2. The summed E-state index contributed by atoms with van der Waals surface area (Å²) in [5, 5.41) is 4.19. The van der Waals surface area contributed by atoms with E-state index in [1.807, 2.05) is 48.5 Å². The van der Waals surface area contributed by atoms with E-state index >= 15 is 0 Å². The Morgan fingerprint density at radius 1 is 0.304 bits per heavy atom.